The predicted molar refractivity (Wildman–Crippen MR) is 209 cm³/mol. The van der Waals surface area contributed by atoms with Gasteiger partial charge in [0.25, 0.3) is 0 Å². The minimum atomic E-state index is -0.962. The summed E-state index contributed by atoms with van der Waals surface area (Å²) in [7, 11) is 0. The summed E-state index contributed by atoms with van der Waals surface area (Å²) in [5, 5.41) is 15.3. The first-order chi connectivity index (χ1) is 25.9. The molecule has 0 aromatic heterocycles. The van der Waals surface area contributed by atoms with Crippen LogP contribution in [-0.2, 0) is 42.9 Å². The van der Waals surface area contributed by atoms with Crippen LogP contribution in [0.4, 0.5) is 4.79 Å². The molecule has 0 aliphatic heterocycles. The first-order valence-electron chi connectivity index (χ1n) is 18.9. The number of carbonyl (C=O) groups excluding carboxylic acids is 4. The molecule has 0 spiro atoms. The van der Waals surface area contributed by atoms with Gasteiger partial charge in [-0.15, -0.1) is 0 Å². The van der Waals surface area contributed by atoms with Crippen molar-refractivity contribution in [2.45, 2.75) is 149 Å². The summed E-state index contributed by atoms with van der Waals surface area (Å²) < 4.78 is 28.7. The quantitative estimate of drug-likeness (QED) is 0.0239. The van der Waals surface area contributed by atoms with Gasteiger partial charge in [-0.3, -0.25) is 19.2 Å². The van der Waals surface area contributed by atoms with Crippen LogP contribution < -0.4 is 21.4 Å². The molecule has 0 radical (unpaired) electrons. The highest BCUT2D eigenvalue weighted by atomic mass is 16.7. The van der Waals surface area contributed by atoms with Gasteiger partial charge in [-0.25, -0.2) is 4.79 Å². The van der Waals surface area contributed by atoms with E-state index in [-0.39, 0.29) is 45.2 Å². The van der Waals surface area contributed by atoms with Gasteiger partial charge >= 0.3 is 6.09 Å². The van der Waals surface area contributed by atoms with Crippen molar-refractivity contribution < 1.29 is 47.7 Å². The van der Waals surface area contributed by atoms with Gasteiger partial charge < -0.3 is 39.6 Å². The van der Waals surface area contributed by atoms with Crippen molar-refractivity contribution in [3.05, 3.63) is 20.9 Å². The molecule has 20 heteroatoms. The molecule has 0 bridgehead atoms. The van der Waals surface area contributed by atoms with Gasteiger partial charge in [0.15, 0.2) is 0 Å². The van der Waals surface area contributed by atoms with E-state index < -0.39 is 52.0 Å². The van der Waals surface area contributed by atoms with Crippen LogP contribution in [-0.4, -0.2) is 117 Å². The number of carbonyl (C=O) groups is 4. The van der Waals surface area contributed by atoms with Crippen molar-refractivity contribution in [2.75, 3.05) is 59.2 Å². The number of hydrogen-bond donors (Lipinski definition) is 4. The zero-order valence-corrected chi connectivity index (χ0v) is 35.4. The van der Waals surface area contributed by atoms with Crippen LogP contribution in [0, 0.1) is 0 Å². The average molecular weight is 801 g/mol. The van der Waals surface area contributed by atoms with Crippen LogP contribution in [0.25, 0.3) is 20.9 Å². The highest BCUT2D eigenvalue weighted by molar-refractivity contribution is 5.88. The molecule has 4 amide bonds. The number of hydroxylamine groups is 1. The molecular weight excluding hydrogens is 732 g/mol. The summed E-state index contributed by atoms with van der Waals surface area (Å²) in [6.45, 7) is 21.2. The van der Waals surface area contributed by atoms with E-state index in [9.17, 15) is 19.2 Å². The third-order valence-corrected chi connectivity index (χ3v) is 8.04. The Hall–Kier alpha value is -3.90. The lowest BCUT2D eigenvalue weighted by Crippen LogP contribution is -2.49. The fraction of sp³-hybridized carbons (Fsp3) is 0.889. The van der Waals surface area contributed by atoms with E-state index in [0.717, 1.165) is 0 Å². The SMILES string of the molecule is CC(C)(C)OC(=O)NOCCNC(=O)[C@H](CCCNC(=O)COC(C)(C)CCOC(C)(C)CCN=[N+]=[N-])NC(=O)COC(C)(C)CCOC(C)(C)CCN=[N+]=[N-]. The Balaban J connectivity index is 5.05. The summed E-state index contributed by atoms with van der Waals surface area (Å²) >= 11 is 0. The van der Waals surface area contributed by atoms with Crippen LogP contribution in [0.3, 0.4) is 0 Å². The van der Waals surface area contributed by atoms with Gasteiger partial charge in [0.05, 0.1) is 42.2 Å². The minimum absolute atomic E-state index is 0.0197. The standard InChI is InChI=1S/C36H68N10O10/c1-32(2,3)56-31(50)44-55-24-21-40-30(49)27(43-29(48)26-54-36(10,11)17-23-52-34(6,7)15-20-42-46-38)13-12-18-39-28(47)25-53-35(8,9)16-22-51-33(4,5)14-19-41-45-37/h27H,12-26H2,1-11H3,(H,39,47)(H,40,49)(H,43,48)(H,44,50)/t27-/m0/s1. The number of nitrogens with one attached hydrogen (secondary N) is 4. The molecule has 0 rings (SSSR count). The molecule has 0 aliphatic rings. The Morgan fingerprint density at radius 1 is 0.625 bits per heavy atom. The first kappa shape index (κ1) is 52.1. The van der Waals surface area contributed by atoms with E-state index in [4.69, 9.17) is 39.6 Å². The number of azide groups is 2. The molecule has 0 saturated carbocycles. The molecule has 0 heterocycles. The predicted octanol–water partition coefficient (Wildman–Crippen LogP) is 5.30. The zero-order valence-electron chi connectivity index (χ0n) is 35.4. The summed E-state index contributed by atoms with van der Waals surface area (Å²) in [6.07, 6.45) is 1.87. The van der Waals surface area contributed by atoms with Crippen LogP contribution >= 0.6 is 0 Å². The van der Waals surface area contributed by atoms with Gasteiger partial charge in [0.2, 0.25) is 17.7 Å². The third kappa shape index (κ3) is 29.4. The molecule has 322 valence electrons. The maximum Gasteiger partial charge on any atom is 0.431 e. The highest BCUT2D eigenvalue weighted by Crippen LogP contribution is 2.21. The van der Waals surface area contributed by atoms with E-state index >= 15 is 0 Å². The number of nitrogens with zero attached hydrogens (tertiary/aromatic N) is 6. The fourth-order valence-corrected chi connectivity index (χ4v) is 4.53. The van der Waals surface area contributed by atoms with Crippen molar-refractivity contribution in [3.8, 4) is 0 Å². The molecule has 0 aromatic rings. The largest absolute Gasteiger partial charge is 0.442 e. The lowest BCUT2D eigenvalue weighted by Gasteiger charge is -2.29. The first-order valence-corrected chi connectivity index (χ1v) is 18.9. The third-order valence-electron chi connectivity index (χ3n) is 8.04. The normalized spacial score (nSPS) is 12.8. The molecule has 20 nitrogen and oxygen atoms in total. The Morgan fingerprint density at radius 2 is 1.11 bits per heavy atom. The zero-order chi connectivity index (χ0) is 42.9. The molecule has 0 aromatic carbocycles. The lowest BCUT2D eigenvalue weighted by atomic mass is 10.0. The van der Waals surface area contributed by atoms with E-state index in [1.54, 1.807) is 20.8 Å². The smallest absolute Gasteiger partial charge is 0.431 e. The molecule has 56 heavy (non-hydrogen) atoms. The lowest BCUT2D eigenvalue weighted by molar-refractivity contribution is -0.137. The second-order valence-electron chi connectivity index (χ2n) is 16.6. The van der Waals surface area contributed by atoms with Crippen LogP contribution in [0.5, 0.6) is 0 Å². The second-order valence-corrected chi connectivity index (χ2v) is 16.6. The van der Waals surface area contributed by atoms with Gasteiger partial charge in [0, 0.05) is 36.0 Å². The minimum Gasteiger partial charge on any atom is -0.442 e. The van der Waals surface area contributed by atoms with Crippen molar-refractivity contribution in [1.82, 2.24) is 21.4 Å². The Morgan fingerprint density at radius 3 is 1.59 bits per heavy atom. The van der Waals surface area contributed by atoms with Gasteiger partial charge in [-0.1, -0.05) is 10.2 Å². The van der Waals surface area contributed by atoms with Crippen molar-refractivity contribution >= 4 is 23.8 Å². The molecule has 0 fully saturated rings. The highest BCUT2D eigenvalue weighted by Gasteiger charge is 2.27. The van der Waals surface area contributed by atoms with Crippen LogP contribution in [0.2, 0.25) is 0 Å². The van der Waals surface area contributed by atoms with Crippen LogP contribution in [0.15, 0.2) is 10.2 Å². The van der Waals surface area contributed by atoms with Crippen molar-refractivity contribution in [3.63, 3.8) is 0 Å². The van der Waals surface area contributed by atoms with E-state index in [0.29, 0.717) is 58.4 Å². The Kier molecular flexibility index (Phi) is 24.3. The summed E-state index contributed by atoms with van der Waals surface area (Å²) in [6, 6.07) is -0.962. The van der Waals surface area contributed by atoms with Crippen LogP contribution in [0.1, 0.15) is 115 Å². The Labute approximate surface area is 331 Å². The number of rotatable bonds is 30. The van der Waals surface area contributed by atoms with E-state index in [1.807, 2.05) is 55.4 Å². The Bertz CT molecular complexity index is 1310. The molecular formula is C36H68N10O10. The molecule has 0 saturated heterocycles. The fourth-order valence-electron chi connectivity index (χ4n) is 4.53. The summed E-state index contributed by atoms with van der Waals surface area (Å²) in [5.41, 5.74) is 16.1. The number of hydrogen-bond acceptors (Lipinski definition) is 12. The molecule has 0 aliphatic carbocycles. The summed E-state index contributed by atoms with van der Waals surface area (Å²) in [4.78, 5) is 61.1. The van der Waals surface area contributed by atoms with Crippen molar-refractivity contribution in [1.29, 1.82) is 0 Å². The second kappa shape index (κ2) is 26.1. The van der Waals surface area contributed by atoms with E-state index in [2.05, 4.69) is 41.5 Å². The van der Waals surface area contributed by atoms with E-state index in [1.165, 1.54) is 0 Å². The number of ether oxygens (including phenoxy) is 5. The summed E-state index contributed by atoms with van der Waals surface area (Å²) in [5.74, 6) is -1.35. The van der Waals surface area contributed by atoms with Gasteiger partial charge in [0.1, 0.15) is 24.9 Å². The topological polar surface area (TPSA) is 269 Å². The van der Waals surface area contributed by atoms with Gasteiger partial charge in [-0.2, -0.15) is 5.48 Å². The van der Waals surface area contributed by atoms with Crippen molar-refractivity contribution in [2.24, 2.45) is 10.2 Å². The molecule has 1 atom stereocenters. The molecule has 0 unspecified atom stereocenters. The monoisotopic (exact) mass is 801 g/mol. The maximum atomic E-state index is 13.1. The number of amides is 4. The molecule has 4 N–H and O–H groups in total. The average Bonchev–Trinajstić information content (AvgIpc) is 3.06. The maximum absolute atomic E-state index is 13.1. The van der Waals surface area contributed by atoms with Gasteiger partial charge in [-0.05, 0) is 126 Å².